The van der Waals surface area contributed by atoms with Gasteiger partial charge >= 0.3 is 0 Å². The van der Waals surface area contributed by atoms with E-state index in [2.05, 4.69) is 4.98 Å². The molecule has 17 heavy (non-hydrogen) atoms. The molecule has 1 N–H and O–H groups in total. The molecule has 1 aliphatic rings. The molecule has 0 spiro atoms. The lowest BCUT2D eigenvalue weighted by molar-refractivity contribution is 0.189. The average Bonchev–Trinajstić information content (AvgIpc) is 2.69. The third-order valence-electron chi connectivity index (χ3n) is 2.75. The van der Waals surface area contributed by atoms with E-state index in [0.29, 0.717) is 23.7 Å². The molecule has 2 rings (SSSR count). The van der Waals surface area contributed by atoms with Gasteiger partial charge in [-0.15, -0.1) is 0 Å². The van der Waals surface area contributed by atoms with Crippen LogP contribution in [0, 0.1) is 6.92 Å². The van der Waals surface area contributed by atoms with Gasteiger partial charge in [0, 0.05) is 19.3 Å². The van der Waals surface area contributed by atoms with Gasteiger partial charge in [0.15, 0.2) is 0 Å². The summed E-state index contributed by atoms with van der Waals surface area (Å²) < 4.78 is 25.6. The molecule has 0 saturated carbocycles. The molecular weight excluding hydrogens is 264 g/mol. The number of aryl methyl sites for hydroxylation is 1. The molecule has 0 aromatic carbocycles. The highest BCUT2D eigenvalue weighted by Gasteiger charge is 2.31. The van der Waals surface area contributed by atoms with Crippen molar-refractivity contribution >= 4 is 21.6 Å². The van der Waals surface area contributed by atoms with Crippen LogP contribution in [0.4, 0.5) is 0 Å². The van der Waals surface area contributed by atoms with E-state index in [1.807, 2.05) is 0 Å². The van der Waals surface area contributed by atoms with Gasteiger partial charge in [-0.1, -0.05) is 11.6 Å². The van der Waals surface area contributed by atoms with Crippen LogP contribution in [0.25, 0.3) is 0 Å². The second kappa shape index (κ2) is 4.53. The molecule has 1 aromatic heterocycles. The second-order valence-corrected chi connectivity index (χ2v) is 6.38. The van der Waals surface area contributed by atoms with Crippen molar-refractivity contribution in [3.05, 3.63) is 23.0 Å². The number of aliphatic hydroxyl groups is 1. The van der Waals surface area contributed by atoms with Gasteiger partial charge in [0.05, 0.1) is 6.10 Å². The van der Waals surface area contributed by atoms with E-state index in [4.69, 9.17) is 11.6 Å². The molecule has 0 aliphatic carbocycles. The fourth-order valence-corrected chi connectivity index (χ4v) is 3.38. The number of β-amino-alcohol motifs (C(OH)–C–C–N with tert-alkyl or cyclic N) is 1. The second-order valence-electron chi connectivity index (χ2n) is 4.08. The predicted octanol–water partition coefficient (Wildman–Crippen LogP) is 0.799. The number of hydrogen-bond donors (Lipinski definition) is 1. The molecule has 94 valence electrons. The van der Waals surface area contributed by atoms with Gasteiger partial charge in [0.25, 0.3) is 0 Å². The van der Waals surface area contributed by atoms with Gasteiger partial charge in [-0.2, -0.15) is 4.31 Å². The minimum atomic E-state index is -3.56. The van der Waals surface area contributed by atoms with Gasteiger partial charge in [-0.3, -0.25) is 0 Å². The number of sulfonamides is 1. The van der Waals surface area contributed by atoms with Gasteiger partial charge in [-0.25, -0.2) is 13.4 Å². The highest BCUT2D eigenvalue weighted by molar-refractivity contribution is 7.89. The Bertz CT molecular complexity index is 532. The quantitative estimate of drug-likeness (QED) is 0.811. The fraction of sp³-hybridized carbons (Fsp3) is 0.500. The summed E-state index contributed by atoms with van der Waals surface area (Å²) in [5, 5.41) is 9.66. The number of aromatic nitrogens is 1. The minimum Gasteiger partial charge on any atom is -0.392 e. The number of halogens is 1. The summed E-state index contributed by atoms with van der Waals surface area (Å²) in [7, 11) is -3.56. The van der Waals surface area contributed by atoms with Crippen molar-refractivity contribution < 1.29 is 13.5 Å². The molecule has 0 bridgehead atoms. The maximum absolute atomic E-state index is 12.2. The first-order valence-electron chi connectivity index (χ1n) is 5.21. The fourth-order valence-electron chi connectivity index (χ4n) is 1.75. The zero-order chi connectivity index (χ0) is 12.6. The Morgan fingerprint density at radius 1 is 1.59 bits per heavy atom. The lowest BCUT2D eigenvalue weighted by atomic mass is 10.3. The summed E-state index contributed by atoms with van der Waals surface area (Å²) in [6.45, 7) is 2.18. The summed E-state index contributed by atoms with van der Waals surface area (Å²) in [6.07, 6.45) is 1.14. The zero-order valence-electron chi connectivity index (χ0n) is 9.30. The molecule has 1 aliphatic heterocycles. The van der Waals surface area contributed by atoms with E-state index >= 15 is 0 Å². The Balaban J connectivity index is 2.35. The summed E-state index contributed by atoms with van der Waals surface area (Å²) in [5.74, 6) is 0. The summed E-state index contributed by atoms with van der Waals surface area (Å²) in [4.78, 5) is 3.95. The molecule has 1 saturated heterocycles. The first-order valence-corrected chi connectivity index (χ1v) is 7.03. The van der Waals surface area contributed by atoms with Crippen LogP contribution in [-0.2, 0) is 10.0 Å². The number of hydrogen-bond acceptors (Lipinski definition) is 4. The molecule has 1 fully saturated rings. The van der Waals surface area contributed by atoms with E-state index in [-0.39, 0.29) is 11.4 Å². The van der Waals surface area contributed by atoms with Crippen LogP contribution < -0.4 is 0 Å². The van der Waals surface area contributed by atoms with Gasteiger partial charge in [-0.05, 0) is 25.0 Å². The molecule has 1 atom stereocenters. The van der Waals surface area contributed by atoms with Crippen LogP contribution in [0.1, 0.15) is 12.0 Å². The van der Waals surface area contributed by atoms with E-state index in [1.54, 1.807) is 6.92 Å². The van der Waals surface area contributed by atoms with Crippen molar-refractivity contribution in [3.8, 4) is 0 Å². The lowest BCUT2D eigenvalue weighted by Gasteiger charge is -2.15. The zero-order valence-corrected chi connectivity index (χ0v) is 10.9. The van der Waals surface area contributed by atoms with Crippen LogP contribution in [0.3, 0.4) is 0 Å². The summed E-state index contributed by atoms with van der Waals surface area (Å²) in [6, 6.07) is 1.50. The lowest BCUT2D eigenvalue weighted by Crippen LogP contribution is -2.29. The van der Waals surface area contributed by atoms with Crippen LogP contribution in [0.15, 0.2) is 17.2 Å². The third kappa shape index (κ3) is 2.44. The maximum atomic E-state index is 12.2. The number of nitrogens with zero attached hydrogens (tertiary/aromatic N) is 2. The van der Waals surface area contributed by atoms with E-state index in [1.165, 1.54) is 16.6 Å². The van der Waals surface area contributed by atoms with Gasteiger partial charge < -0.3 is 5.11 Å². The van der Waals surface area contributed by atoms with Gasteiger partial charge in [0.2, 0.25) is 10.0 Å². The van der Waals surface area contributed by atoms with E-state index in [9.17, 15) is 13.5 Å². The number of rotatable bonds is 2. The number of aliphatic hydroxyl groups excluding tert-OH is 1. The maximum Gasteiger partial charge on any atom is 0.244 e. The van der Waals surface area contributed by atoms with Crippen molar-refractivity contribution in [2.24, 2.45) is 0 Å². The molecule has 0 radical (unpaired) electrons. The molecule has 5 nitrogen and oxygen atoms in total. The molecule has 0 unspecified atom stereocenters. The molecule has 1 aromatic rings. The Morgan fingerprint density at radius 2 is 2.29 bits per heavy atom. The Hall–Kier alpha value is -0.690. The number of pyridine rings is 1. The van der Waals surface area contributed by atoms with Crippen LogP contribution in [0.5, 0.6) is 0 Å². The predicted molar refractivity (Wildman–Crippen MR) is 63.4 cm³/mol. The van der Waals surface area contributed by atoms with E-state index < -0.39 is 16.1 Å². The van der Waals surface area contributed by atoms with Crippen molar-refractivity contribution in [1.29, 1.82) is 0 Å². The first-order chi connectivity index (χ1) is 7.91. The van der Waals surface area contributed by atoms with Gasteiger partial charge in [0.1, 0.15) is 10.0 Å². The largest absolute Gasteiger partial charge is 0.392 e. The molecule has 7 heteroatoms. The van der Waals surface area contributed by atoms with Crippen molar-refractivity contribution in [1.82, 2.24) is 9.29 Å². The normalized spacial score (nSPS) is 21.9. The highest BCUT2D eigenvalue weighted by atomic mass is 35.5. The molecule has 2 heterocycles. The minimum absolute atomic E-state index is 0.119. The van der Waals surface area contributed by atoms with Crippen molar-refractivity contribution in [2.45, 2.75) is 24.3 Å². The Kier molecular flexibility index (Phi) is 3.40. The molecule has 0 amide bonds. The Morgan fingerprint density at radius 3 is 2.82 bits per heavy atom. The average molecular weight is 277 g/mol. The van der Waals surface area contributed by atoms with E-state index in [0.717, 1.165) is 0 Å². The van der Waals surface area contributed by atoms with Crippen LogP contribution >= 0.6 is 11.6 Å². The van der Waals surface area contributed by atoms with Crippen LogP contribution in [-0.4, -0.2) is 42.0 Å². The Labute approximate surface area is 105 Å². The van der Waals surface area contributed by atoms with Crippen LogP contribution in [0.2, 0.25) is 5.15 Å². The summed E-state index contributed by atoms with van der Waals surface area (Å²) in [5.41, 5.74) is 0.618. The summed E-state index contributed by atoms with van der Waals surface area (Å²) >= 11 is 5.75. The smallest absolute Gasteiger partial charge is 0.244 e. The van der Waals surface area contributed by atoms with Crippen molar-refractivity contribution in [3.63, 3.8) is 0 Å². The standard InChI is InChI=1S/C10H13ClN2O3S/c1-7-4-9(5-12-10(7)11)17(15,16)13-3-2-8(14)6-13/h4-5,8,14H,2-3,6H2,1H3/t8-/m0/s1. The SMILES string of the molecule is Cc1cc(S(=O)(=O)N2CC[C@H](O)C2)cnc1Cl. The molecular formula is C10H13ClN2O3S. The highest BCUT2D eigenvalue weighted by Crippen LogP contribution is 2.23. The third-order valence-corrected chi connectivity index (χ3v) is 4.98. The first kappa shape index (κ1) is 12.8. The topological polar surface area (TPSA) is 70.5 Å². The van der Waals surface area contributed by atoms with Crippen molar-refractivity contribution in [2.75, 3.05) is 13.1 Å². The monoisotopic (exact) mass is 276 g/mol.